The average molecular weight is 533 g/mol. The summed E-state index contributed by atoms with van der Waals surface area (Å²) in [6, 6.07) is 8.03. The molecule has 0 unspecified atom stereocenters. The molecule has 0 spiro atoms. The zero-order valence-corrected chi connectivity index (χ0v) is 21.9. The SMILES string of the molecule is C[C@@H](COC(F)F)Nc1ncc(C(=O)NCc2ccc(CN3CCOCC3)cc2)c(NC2CCCCC2)n1. The van der Waals surface area contributed by atoms with E-state index >= 15 is 0 Å². The van der Waals surface area contributed by atoms with Gasteiger partial charge in [-0.15, -0.1) is 0 Å². The molecule has 208 valence electrons. The molecule has 0 radical (unpaired) electrons. The molecule has 1 aromatic heterocycles. The standard InChI is InChI=1S/C27H38F2N6O3/c1-19(18-38-26(28)29)32-27-31-16-23(24(34-27)33-22-5-3-2-4-6-22)25(36)30-15-20-7-9-21(10-8-20)17-35-11-13-37-14-12-35/h7-10,16,19,22,26H,2-6,11-15,17-18H2,1H3,(H,30,36)(H2,31,32,33,34)/t19-/m0/s1. The van der Waals surface area contributed by atoms with Gasteiger partial charge in [-0.1, -0.05) is 43.5 Å². The summed E-state index contributed by atoms with van der Waals surface area (Å²) in [4.78, 5) is 24.3. The normalized spacial score (nSPS) is 17.8. The molecule has 0 bridgehead atoms. The molecule has 1 aromatic carbocycles. The topological polar surface area (TPSA) is 101 Å². The maximum atomic E-state index is 13.1. The summed E-state index contributed by atoms with van der Waals surface area (Å²) in [7, 11) is 0. The molecule has 2 heterocycles. The first-order valence-electron chi connectivity index (χ1n) is 13.4. The van der Waals surface area contributed by atoms with Crippen molar-refractivity contribution in [3.8, 4) is 0 Å². The predicted molar refractivity (Wildman–Crippen MR) is 141 cm³/mol. The molecule has 1 saturated carbocycles. The van der Waals surface area contributed by atoms with Crippen LogP contribution in [0.5, 0.6) is 0 Å². The first-order valence-corrected chi connectivity index (χ1v) is 13.4. The van der Waals surface area contributed by atoms with Gasteiger partial charge in [0.05, 0.1) is 19.8 Å². The second-order valence-electron chi connectivity index (χ2n) is 9.96. The van der Waals surface area contributed by atoms with E-state index < -0.39 is 12.7 Å². The van der Waals surface area contributed by atoms with Crippen LogP contribution in [-0.4, -0.2) is 72.4 Å². The summed E-state index contributed by atoms with van der Waals surface area (Å²) in [6.45, 7) is 3.35. The molecular formula is C27H38F2N6O3. The number of nitrogens with one attached hydrogen (secondary N) is 3. The van der Waals surface area contributed by atoms with Crippen molar-refractivity contribution in [3.05, 3.63) is 47.2 Å². The lowest BCUT2D eigenvalue weighted by atomic mass is 9.95. The Bertz CT molecular complexity index is 1010. The average Bonchev–Trinajstić information content (AvgIpc) is 2.93. The molecular weight excluding hydrogens is 494 g/mol. The number of morpholine rings is 1. The van der Waals surface area contributed by atoms with Gasteiger partial charge in [0.25, 0.3) is 5.91 Å². The summed E-state index contributed by atoms with van der Waals surface area (Å²) in [6.07, 6.45) is 6.93. The molecule has 1 saturated heterocycles. The van der Waals surface area contributed by atoms with E-state index in [-0.39, 0.29) is 24.5 Å². The smallest absolute Gasteiger partial charge is 0.345 e. The minimum Gasteiger partial charge on any atom is -0.379 e. The van der Waals surface area contributed by atoms with Gasteiger partial charge >= 0.3 is 6.61 Å². The maximum Gasteiger partial charge on any atom is 0.345 e. The van der Waals surface area contributed by atoms with Crippen LogP contribution in [0.3, 0.4) is 0 Å². The summed E-state index contributed by atoms with van der Waals surface area (Å²) in [5, 5.41) is 9.37. The van der Waals surface area contributed by atoms with Crippen LogP contribution >= 0.6 is 0 Å². The first-order chi connectivity index (χ1) is 18.5. The van der Waals surface area contributed by atoms with E-state index in [0.717, 1.165) is 64.1 Å². The van der Waals surface area contributed by atoms with Crippen molar-refractivity contribution in [1.82, 2.24) is 20.2 Å². The van der Waals surface area contributed by atoms with Crippen molar-refractivity contribution in [2.75, 3.05) is 43.5 Å². The lowest BCUT2D eigenvalue weighted by molar-refractivity contribution is -0.130. The van der Waals surface area contributed by atoms with E-state index in [2.05, 4.69) is 47.7 Å². The van der Waals surface area contributed by atoms with E-state index in [4.69, 9.17) is 4.74 Å². The summed E-state index contributed by atoms with van der Waals surface area (Å²) >= 11 is 0. The molecule has 9 nitrogen and oxygen atoms in total. The third-order valence-corrected chi connectivity index (χ3v) is 6.81. The number of alkyl halides is 2. The van der Waals surface area contributed by atoms with Gasteiger partial charge in [-0.25, -0.2) is 4.98 Å². The van der Waals surface area contributed by atoms with Crippen LogP contribution in [0.1, 0.15) is 60.5 Å². The molecule has 38 heavy (non-hydrogen) atoms. The fraction of sp³-hybridized carbons (Fsp3) is 0.593. The molecule has 11 heteroatoms. The van der Waals surface area contributed by atoms with E-state index in [0.29, 0.717) is 17.9 Å². The Balaban J connectivity index is 1.38. The molecule has 1 aliphatic carbocycles. The number of ether oxygens (including phenoxy) is 2. The molecule has 1 atom stereocenters. The van der Waals surface area contributed by atoms with Crippen molar-refractivity contribution in [2.24, 2.45) is 0 Å². The van der Waals surface area contributed by atoms with Crippen molar-refractivity contribution >= 4 is 17.7 Å². The van der Waals surface area contributed by atoms with Gasteiger partial charge < -0.3 is 25.4 Å². The van der Waals surface area contributed by atoms with Gasteiger partial charge in [0.15, 0.2) is 0 Å². The Morgan fingerprint density at radius 1 is 1.13 bits per heavy atom. The highest BCUT2D eigenvalue weighted by molar-refractivity contribution is 5.98. The molecule has 1 aliphatic heterocycles. The van der Waals surface area contributed by atoms with Crippen molar-refractivity contribution in [3.63, 3.8) is 0 Å². The largest absolute Gasteiger partial charge is 0.379 e. The Hall–Kier alpha value is -2.89. The number of hydrogen-bond donors (Lipinski definition) is 3. The number of carbonyl (C=O) groups is 1. The van der Waals surface area contributed by atoms with Gasteiger partial charge in [-0.05, 0) is 30.9 Å². The summed E-state index contributed by atoms with van der Waals surface area (Å²) < 4.78 is 34.5. The highest BCUT2D eigenvalue weighted by Gasteiger charge is 2.20. The monoisotopic (exact) mass is 532 g/mol. The van der Waals surface area contributed by atoms with Crippen LogP contribution in [-0.2, 0) is 22.6 Å². The van der Waals surface area contributed by atoms with Crippen LogP contribution in [0.4, 0.5) is 20.5 Å². The summed E-state index contributed by atoms with van der Waals surface area (Å²) in [5.74, 6) is 0.414. The minimum absolute atomic E-state index is 0.195. The summed E-state index contributed by atoms with van der Waals surface area (Å²) in [5.41, 5.74) is 2.57. The van der Waals surface area contributed by atoms with Crippen LogP contribution in [0.15, 0.2) is 30.5 Å². The van der Waals surface area contributed by atoms with E-state index in [1.165, 1.54) is 18.2 Å². The quantitative estimate of drug-likeness (QED) is 0.377. The fourth-order valence-electron chi connectivity index (χ4n) is 4.70. The third kappa shape index (κ3) is 8.85. The van der Waals surface area contributed by atoms with Crippen LogP contribution in [0.2, 0.25) is 0 Å². The number of nitrogens with zero attached hydrogens (tertiary/aromatic N) is 3. The highest BCUT2D eigenvalue weighted by Crippen LogP contribution is 2.23. The van der Waals surface area contributed by atoms with Crippen molar-refractivity contribution in [1.29, 1.82) is 0 Å². The Morgan fingerprint density at radius 2 is 1.84 bits per heavy atom. The van der Waals surface area contributed by atoms with Crippen molar-refractivity contribution in [2.45, 2.75) is 70.8 Å². The Kier molecular flexibility index (Phi) is 10.6. The number of benzene rings is 1. The number of amides is 1. The number of hydrogen-bond acceptors (Lipinski definition) is 8. The van der Waals surface area contributed by atoms with Gasteiger partial charge in [0.1, 0.15) is 11.4 Å². The third-order valence-electron chi connectivity index (χ3n) is 6.81. The van der Waals surface area contributed by atoms with E-state index in [1.54, 1.807) is 6.92 Å². The second kappa shape index (κ2) is 14.3. The molecule has 2 aliphatic rings. The molecule has 4 rings (SSSR count). The first kappa shape index (κ1) is 28.1. The predicted octanol–water partition coefficient (Wildman–Crippen LogP) is 4.02. The van der Waals surface area contributed by atoms with Gasteiger partial charge in [-0.3, -0.25) is 9.69 Å². The van der Waals surface area contributed by atoms with Crippen LogP contribution in [0.25, 0.3) is 0 Å². The molecule has 3 N–H and O–H groups in total. The number of carbonyl (C=O) groups excluding carboxylic acids is 1. The minimum atomic E-state index is -2.84. The number of anilines is 2. The Labute approximate surface area is 222 Å². The Morgan fingerprint density at radius 3 is 2.55 bits per heavy atom. The maximum absolute atomic E-state index is 13.1. The number of halogens is 2. The lowest BCUT2D eigenvalue weighted by Crippen LogP contribution is -2.35. The highest BCUT2D eigenvalue weighted by atomic mass is 19.3. The van der Waals surface area contributed by atoms with E-state index in [1.807, 2.05) is 12.1 Å². The molecule has 2 aromatic rings. The molecule has 2 fully saturated rings. The number of aromatic nitrogens is 2. The van der Waals surface area contributed by atoms with Crippen LogP contribution < -0.4 is 16.0 Å². The van der Waals surface area contributed by atoms with Gasteiger partial charge in [-0.2, -0.15) is 13.8 Å². The zero-order valence-electron chi connectivity index (χ0n) is 21.9. The zero-order chi connectivity index (χ0) is 26.7. The number of rotatable bonds is 12. The van der Waals surface area contributed by atoms with Crippen molar-refractivity contribution < 1.29 is 23.0 Å². The van der Waals surface area contributed by atoms with Crippen LogP contribution in [0, 0.1) is 0 Å². The lowest BCUT2D eigenvalue weighted by Gasteiger charge is -2.26. The second-order valence-corrected chi connectivity index (χ2v) is 9.96. The fourth-order valence-corrected chi connectivity index (χ4v) is 4.70. The van der Waals surface area contributed by atoms with Gasteiger partial charge in [0.2, 0.25) is 5.95 Å². The van der Waals surface area contributed by atoms with E-state index in [9.17, 15) is 13.6 Å². The molecule has 1 amide bonds. The van der Waals surface area contributed by atoms with Gasteiger partial charge in [0, 0.05) is 44.5 Å².